The monoisotopic (exact) mass is 394 g/mol. The molecule has 0 atom stereocenters. The van der Waals surface area contributed by atoms with Crippen molar-refractivity contribution in [2.24, 2.45) is 0 Å². The Balaban J connectivity index is 1.87. The van der Waals surface area contributed by atoms with Gasteiger partial charge in [-0.2, -0.15) is 4.31 Å². The summed E-state index contributed by atoms with van der Waals surface area (Å²) >= 11 is 0. The molecule has 1 N–H and O–H groups in total. The Bertz CT molecular complexity index is 971. The third-order valence-corrected chi connectivity index (χ3v) is 6.49. The molecule has 144 valence electrons. The van der Waals surface area contributed by atoms with Crippen LogP contribution in [0.2, 0.25) is 0 Å². The van der Waals surface area contributed by atoms with Gasteiger partial charge in [-0.1, -0.05) is 12.5 Å². The number of benzene rings is 2. The number of nitrogens with one attached hydrogen (secondary N) is 1. The van der Waals surface area contributed by atoms with Gasteiger partial charge in [0, 0.05) is 24.3 Å². The zero-order chi connectivity index (χ0) is 19.6. The standard InChI is InChI=1S/C19H20F2N2O3S/c1-13-5-7-15(27(25,26)23-9-3-2-4-10-23)12-18(13)22-19(24)14-6-8-16(20)17(21)11-14/h5-8,11-12H,2-4,9-10H2,1H3,(H,22,24). The van der Waals surface area contributed by atoms with E-state index in [0.29, 0.717) is 24.3 Å². The molecule has 0 saturated carbocycles. The Morgan fingerprint density at radius 3 is 2.37 bits per heavy atom. The summed E-state index contributed by atoms with van der Waals surface area (Å²) in [4.78, 5) is 12.4. The van der Waals surface area contributed by atoms with Crippen LogP contribution in [-0.4, -0.2) is 31.7 Å². The number of carbonyl (C=O) groups is 1. The second kappa shape index (κ2) is 7.74. The van der Waals surface area contributed by atoms with Gasteiger partial charge in [0.05, 0.1) is 4.90 Å². The van der Waals surface area contributed by atoms with Crippen molar-refractivity contribution >= 4 is 21.6 Å². The fourth-order valence-electron chi connectivity index (χ4n) is 2.98. The molecule has 1 amide bonds. The van der Waals surface area contributed by atoms with Gasteiger partial charge >= 0.3 is 0 Å². The van der Waals surface area contributed by atoms with Crippen LogP contribution in [-0.2, 0) is 10.0 Å². The Hall–Kier alpha value is -2.32. The Morgan fingerprint density at radius 2 is 1.70 bits per heavy atom. The average Bonchev–Trinajstić information content (AvgIpc) is 2.66. The molecule has 8 heteroatoms. The van der Waals surface area contributed by atoms with Gasteiger partial charge in [0.25, 0.3) is 5.91 Å². The maximum absolute atomic E-state index is 13.3. The molecule has 1 fully saturated rings. The second-order valence-electron chi connectivity index (χ2n) is 6.52. The first-order valence-electron chi connectivity index (χ1n) is 8.66. The molecule has 3 rings (SSSR count). The van der Waals surface area contributed by atoms with Crippen LogP contribution in [0.1, 0.15) is 35.2 Å². The summed E-state index contributed by atoms with van der Waals surface area (Å²) in [5.41, 5.74) is 0.906. The van der Waals surface area contributed by atoms with E-state index in [2.05, 4.69) is 5.32 Å². The van der Waals surface area contributed by atoms with E-state index in [1.54, 1.807) is 13.0 Å². The SMILES string of the molecule is Cc1ccc(S(=O)(=O)N2CCCCC2)cc1NC(=O)c1ccc(F)c(F)c1. The topological polar surface area (TPSA) is 66.5 Å². The lowest BCUT2D eigenvalue weighted by atomic mass is 10.1. The van der Waals surface area contributed by atoms with Gasteiger partial charge in [0.2, 0.25) is 10.0 Å². The summed E-state index contributed by atoms with van der Waals surface area (Å²) < 4.78 is 53.4. The van der Waals surface area contributed by atoms with E-state index in [0.717, 1.165) is 37.5 Å². The minimum atomic E-state index is -3.64. The first-order valence-corrected chi connectivity index (χ1v) is 10.1. The van der Waals surface area contributed by atoms with Gasteiger partial charge in [0.15, 0.2) is 11.6 Å². The highest BCUT2D eigenvalue weighted by Gasteiger charge is 2.26. The number of piperidine rings is 1. The summed E-state index contributed by atoms with van der Waals surface area (Å²) in [7, 11) is -3.64. The van der Waals surface area contributed by atoms with Gasteiger partial charge in [-0.3, -0.25) is 4.79 Å². The lowest BCUT2D eigenvalue weighted by molar-refractivity contribution is 0.102. The van der Waals surface area contributed by atoms with E-state index in [9.17, 15) is 22.0 Å². The molecule has 0 spiro atoms. The van der Waals surface area contributed by atoms with Crippen molar-refractivity contribution in [3.8, 4) is 0 Å². The fraction of sp³-hybridized carbons (Fsp3) is 0.316. The molecule has 1 saturated heterocycles. The lowest BCUT2D eigenvalue weighted by Crippen LogP contribution is -2.35. The van der Waals surface area contributed by atoms with E-state index in [1.807, 2.05) is 0 Å². The third kappa shape index (κ3) is 4.17. The number of sulfonamides is 1. The maximum atomic E-state index is 13.3. The number of nitrogens with zero attached hydrogens (tertiary/aromatic N) is 1. The minimum Gasteiger partial charge on any atom is -0.322 e. The number of rotatable bonds is 4. The van der Waals surface area contributed by atoms with E-state index in [4.69, 9.17) is 0 Å². The number of aryl methyl sites for hydroxylation is 1. The Morgan fingerprint density at radius 1 is 1.00 bits per heavy atom. The highest BCUT2D eigenvalue weighted by Crippen LogP contribution is 2.25. The third-order valence-electron chi connectivity index (χ3n) is 4.59. The van der Waals surface area contributed by atoms with Crippen molar-refractivity contribution in [1.82, 2.24) is 4.31 Å². The quantitative estimate of drug-likeness (QED) is 0.860. The molecule has 1 heterocycles. The van der Waals surface area contributed by atoms with Gasteiger partial charge in [-0.15, -0.1) is 0 Å². The zero-order valence-electron chi connectivity index (χ0n) is 14.8. The number of hydrogen-bond acceptors (Lipinski definition) is 3. The number of amides is 1. The van der Waals surface area contributed by atoms with E-state index < -0.39 is 27.6 Å². The minimum absolute atomic E-state index is 0.0578. The molecule has 0 bridgehead atoms. The fourth-order valence-corrected chi connectivity index (χ4v) is 4.53. The van der Waals surface area contributed by atoms with Crippen LogP contribution in [0.15, 0.2) is 41.3 Å². The number of carbonyl (C=O) groups excluding carboxylic acids is 1. The molecule has 1 aliphatic heterocycles. The summed E-state index contributed by atoms with van der Waals surface area (Å²) in [5, 5.41) is 2.58. The van der Waals surface area contributed by atoms with Gasteiger partial charge in [-0.25, -0.2) is 17.2 Å². The maximum Gasteiger partial charge on any atom is 0.255 e. The molecule has 0 unspecified atom stereocenters. The van der Waals surface area contributed by atoms with Crippen molar-refractivity contribution in [2.45, 2.75) is 31.1 Å². The summed E-state index contributed by atoms with van der Waals surface area (Å²) in [6.07, 6.45) is 2.66. The van der Waals surface area contributed by atoms with Crippen molar-refractivity contribution in [2.75, 3.05) is 18.4 Å². The van der Waals surface area contributed by atoms with Crippen LogP contribution in [0, 0.1) is 18.6 Å². The van der Waals surface area contributed by atoms with Crippen LogP contribution >= 0.6 is 0 Å². The summed E-state index contributed by atoms with van der Waals surface area (Å²) in [6.45, 7) is 2.68. The predicted molar refractivity (Wildman–Crippen MR) is 98.1 cm³/mol. The Kier molecular flexibility index (Phi) is 5.57. The number of halogens is 2. The molecule has 0 radical (unpaired) electrons. The molecule has 0 aliphatic carbocycles. The largest absolute Gasteiger partial charge is 0.322 e. The number of hydrogen-bond donors (Lipinski definition) is 1. The molecule has 2 aromatic rings. The van der Waals surface area contributed by atoms with Crippen molar-refractivity contribution in [3.05, 3.63) is 59.2 Å². The average molecular weight is 394 g/mol. The molecular weight excluding hydrogens is 374 g/mol. The summed E-state index contributed by atoms with van der Waals surface area (Å²) in [5.74, 6) is -2.82. The van der Waals surface area contributed by atoms with Crippen LogP contribution < -0.4 is 5.32 Å². The van der Waals surface area contributed by atoms with Crippen LogP contribution in [0.3, 0.4) is 0 Å². The molecule has 5 nitrogen and oxygen atoms in total. The van der Waals surface area contributed by atoms with Crippen LogP contribution in [0.25, 0.3) is 0 Å². The second-order valence-corrected chi connectivity index (χ2v) is 8.46. The van der Waals surface area contributed by atoms with Crippen molar-refractivity contribution in [3.63, 3.8) is 0 Å². The van der Waals surface area contributed by atoms with Crippen molar-refractivity contribution in [1.29, 1.82) is 0 Å². The summed E-state index contributed by atoms with van der Waals surface area (Å²) in [6, 6.07) is 7.35. The number of anilines is 1. The molecular formula is C19H20F2N2O3S. The Labute approximate surface area is 157 Å². The predicted octanol–water partition coefficient (Wildman–Crippen LogP) is 3.70. The molecule has 27 heavy (non-hydrogen) atoms. The van der Waals surface area contributed by atoms with Crippen LogP contribution in [0.4, 0.5) is 14.5 Å². The van der Waals surface area contributed by atoms with E-state index in [-0.39, 0.29) is 10.5 Å². The lowest BCUT2D eigenvalue weighted by Gasteiger charge is -2.26. The molecule has 0 aromatic heterocycles. The van der Waals surface area contributed by atoms with Crippen molar-refractivity contribution < 1.29 is 22.0 Å². The van der Waals surface area contributed by atoms with Gasteiger partial charge in [-0.05, 0) is 55.7 Å². The van der Waals surface area contributed by atoms with Crippen LogP contribution in [0.5, 0.6) is 0 Å². The highest BCUT2D eigenvalue weighted by molar-refractivity contribution is 7.89. The highest BCUT2D eigenvalue weighted by atomic mass is 32.2. The normalized spacial score (nSPS) is 15.5. The smallest absolute Gasteiger partial charge is 0.255 e. The molecule has 1 aliphatic rings. The first-order chi connectivity index (χ1) is 12.8. The van der Waals surface area contributed by atoms with E-state index >= 15 is 0 Å². The zero-order valence-corrected chi connectivity index (χ0v) is 15.7. The first kappa shape index (κ1) is 19.4. The van der Waals surface area contributed by atoms with Gasteiger partial charge < -0.3 is 5.32 Å². The van der Waals surface area contributed by atoms with E-state index in [1.165, 1.54) is 16.4 Å². The molecule has 2 aromatic carbocycles. The van der Waals surface area contributed by atoms with Gasteiger partial charge in [0.1, 0.15) is 0 Å².